The first-order chi connectivity index (χ1) is 7.63. The number of halogens is 1. The number of rotatable bonds is 5. The highest BCUT2D eigenvalue weighted by atomic mass is 79.9. The molecule has 1 aromatic rings. The second-order valence-corrected chi connectivity index (χ2v) is 4.44. The Bertz CT molecular complexity index is 366. The third kappa shape index (κ3) is 4.33. The Morgan fingerprint density at radius 1 is 1.50 bits per heavy atom. The van der Waals surface area contributed by atoms with Crippen LogP contribution in [0.3, 0.4) is 0 Å². The first-order valence-electron chi connectivity index (χ1n) is 5.16. The molecule has 0 radical (unpaired) electrons. The molecule has 0 saturated carbocycles. The van der Waals surface area contributed by atoms with Gasteiger partial charge in [-0.3, -0.25) is 4.79 Å². The molecule has 0 aliphatic rings. The molecule has 0 fully saturated rings. The van der Waals surface area contributed by atoms with Crippen LogP contribution in [0.4, 0.5) is 0 Å². The van der Waals surface area contributed by atoms with E-state index in [1.54, 1.807) is 0 Å². The van der Waals surface area contributed by atoms with Crippen molar-refractivity contribution in [3.8, 4) is 0 Å². The number of hydrogen-bond donors (Lipinski definition) is 1. The Hall–Kier alpha value is -0.870. The van der Waals surface area contributed by atoms with Gasteiger partial charge in [0, 0.05) is 17.6 Å². The molecule has 0 spiro atoms. The summed E-state index contributed by atoms with van der Waals surface area (Å²) in [6, 6.07) is 6.21. The van der Waals surface area contributed by atoms with Gasteiger partial charge < -0.3 is 10.1 Å². The fourth-order valence-electron chi connectivity index (χ4n) is 1.34. The number of nitrogens with one attached hydrogen (secondary N) is 1. The zero-order valence-corrected chi connectivity index (χ0v) is 11.1. The highest BCUT2D eigenvalue weighted by molar-refractivity contribution is 9.10. The second-order valence-electron chi connectivity index (χ2n) is 3.59. The largest absolute Gasteiger partial charge is 0.469 e. The summed E-state index contributed by atoms with van der Waals surface area (Å²) in [4.78, 5) is 10.9. The van der Waals surface area contributed by atoms with Gasteiger partial charge in [0.05, 0.1) is 13.5 Å². The lowest BCUT2D eigenvalue weighted by Crippen LogP contribution is -2.18. The minimum atomic E-state index is -0.181. The van der Waals surface area contributed by atoms with E-state index in [-0.39, 0.29) is 5.97 Å². The monoisotopic (exact) mass is 285 g/mol. The maximum atomic E-state index is 10.9. The van der Waals surface area contributed by atoms with E-state index in [4.69, 9.17) is 0 Å². The lowest BCUT2D eigenvalue weighted by atomic mass is 10.1. The van der Waals surface area contributed by atoms with Crippen LogP contribution in [0.5, 0.6) is 0 Å². The van der Waals surface area contributed by atoms with Crippen LogP contribution < -0.4 is 5.32 Å². The fraction of sp³-hybridized carbons (Fsp3) is 0.417. The molecule has 3 nitrogen and oxygen atoms in total. The topological polar surface area (TPSA) is 38.3 Å². The molecule has 1 N–H and O–H groups in total. The third-order valence-electron chi connectivity index (χ3n) is 2.29. The summed E-state index contributed by atoms with van der Waals surface area (Å²) < 4.78 is 5.67. The maximum absolute atomic E-state index is 10.9. The van der Waals surface area contributed by atoms with Crippen LogP contribution in [0.15, 0.2) is 22.7 Å². The third-order valence-corrected chi connectivity index (χ3v) is 3.17. The first kappa shape index (κ1) is 13.2. The summed E-state index contributed by atoms with van der Waals surface area (Å²) in [6.45, 7) is 3.47. The zero-order chi connectivity index (χ0) is 12.0. The molecule has 0 saturated heterocycles. The summed E-state index contributed by atoms with van der Waals surface area (Å²) >= 11 is 3.46. The number of hydrogen-bond acceptors (Lipinski definition) is 3. The van der Waals surface area contributed by atoms with Crippen molar-refractivity contribution >= 4 is 21.9 Å². The highest BCUT2D eigenvalue weighted by Gasteiger charge is 2.00. The van der Waals surface area contributed by atoms with Gasteiger partial charge in [0.2, 0.25) is 0 Å². The smallest absolute Gasteiger partial charge is 0.306 e. The van der Waals surface area contributed by atoms with Gasteiger partial charge in [0.25, 0.3) is 0 Å². The molecule has 88 valence electrons. The normalized spacial score (nSPS) is 10.2. The number of esters is 1. The summed E-state index contributed by atoms with van der Waals surface area (Å²) in [5.74, 6) is -0.181. The summed E-state index contributed by atoms with van der Waals surface area (Å²) in [5.41, 5.74) is 2.43. The molecule has 0 amide bonds. The van der Waals surface area contributed by atoms with E-state index in [1.165, 1.54) is 18.2 Å². The van der Waals surface area contributed by atoms with Gasteiger partial charge in [0.15, 0.2) is 0 Å². The van der Waals surface area contributed by atoms with Crippen LogP contribution in [-0.4, -0.2) is 19.6 Å². The number of methoxy groups -OCH3 is 1. The molecular formula is C12H16BrNO2. The number of aryl methyl sites for hydroxylation is 1. The molecule has 0 bridgehead atoms. The van der Waals surface area contributed by atoms with Crippen molar-refractivity contribution in [2.24, 2.45) is 0 Å². The molecule has 0 aliphatic carbocycles. The van der Waals surface area contributed by atoms with E-state index in [9.17, 15) is 4.79 Å². The zero-order valence-electron chi connectivity index (χ0n) is 9.55. The Balaban J connectivity index is 2.32. The van der Waals surface area contributed by atoms with Crippen molar-refractivity contribution in [3.63, 3.8) is 0 Å². The quantitative estimate of drug-likeness (QED) is 0.667. The molecular weight excluding hydrogens is 270 g/mol. The van der Waals surface area contributed by atoms with Crippen molar-refractivity contribution in [2.45, 2.75) is 19.9 Å². The molecule has 4 heteroatoms. The van der Waals surface area contributed by atoms with E-state index in [0.29, 0.717) is 13.0 Å². The number of carbonyl (C=O) groups is 1. The number of benzene rings is 1. The average molecular weight is 286 g/mol. The van der Waals surface area contributed by atoms with E-state index in [2.05, 4.69) is 45.0 Å². The highest BCUT2D eigenvalue weighted by Crippen LogP contribution is 2.16. The predicted octanol–water partition coefficient (Wildman–Crippen LogP) is 2.41. The van der Waals surface area contributed by atoms with E-state index < -0.39 is 0 Å². The minimum Gasteiger partial charge on any atom is -0.469 e. The Morgan fingerprint density at radius 2 is 2.25 bits per heavy atom. The van der Waals surface area contributed by atoms with Crippen molar-refractivity contribution in [3.05, 3.63) is 33.8 Å². The SMILES string of the molecule is COC(=O)CCNCc1ccc(Br)c(C)c1. The van der Waals surface area contributed by atoms with Gasteiger partial charge in [-0.05, 0) is 24.1 Å². The second kappa shape index (κ2) is 6.66. The fourth-order valence-corrected chi connectivity index (χ4v) is 1.59. The van der Waals surface area contributed by atoms with Gasteiger partial charge in [-0.1, -0.05) is 28.1 Å². The van der Waals surface area contributed by atoms with E-state index >= 15 is 0 Å². The van der Waals surface area contributed by atoms with Crippen LogP contribution in [-0.2, 0) is 16.1 Å². The lowest BCUT2D eigenvalue weighted by molar-refractivity contribution is -0.140. The molecule has 0 heterocycles. The van der Waals surface area contributed by atoms with Gasteiger partial charge in [-0.15, -0.1) is 0 Å². The molecule has 1 aromatic carbocycles. The molecule has 0 unspecified atom stereocenters. The van der Waals surface area contributed by atoms with Crippen LogP contribution >= 0.6 is 15.9 Å². The van der Waals surface area contributed by atoms with E-state index in [0.717, 1.165) is 11.0 Å². The molecule has 1 rings (SSSR count). The van der Waals surface area contributed by atoms with Crippen LogP contribution in [0, 0.1) is 6.92 Å². The van der Waals surface area contributed by atoms with Gasteiger partial charge in [0.1, 0.15) is 0 Å². The van der Waals surface area contributed by atoms with Gasteiger partial charge >= 0.3 is 5.97 Å². The van der Waals surface area contributed by atoms with Crippen LogP contribution in [0.25, 0.3) is 0 Å². The van der Waals surface area contributed by atoms with Crippen molar-refractivity contribution in [1.29, 1.82) is 0 Å². The van der Waals surface area contributed by atoms with Crippen molar-refractivity contribution in [2.75, 3.05) is 13.7 Å². The maximum Gasteiger partial charge on any atom is 0.306 e. The Labute approximate surface area is 104 Å². The van der Waals surface area contributed by atoms with Gasteiger partial charge in [-0.2, -0.15) is 0 Å². The predicted molar refractivity (Wildman–Crippen MR) is 67.2 cm³/mol. The number of carbonyl (C=O) groups excluding carboxylic acids is 1. The molecule has 16 heavy (non-hydrogen) atoms. The Kier molecular flexibility index (Phi) is 5.49. The van der Waals surface area contributed by atoms with Crippen LogP contribution in [0.2, 0.25) is 0 Å². The van der Waals surface area contributed by atoms with Crippen LogP contribution in [0.1, 0.15) is 17.5 Å². The summed E-state index contributed by atoms with van der Waals surface area (Å²) in [6.07, 6.45) is 0.409. The Morgan fingerprint density at radius 3 is 2.88 bits per heavy atom. The molecule has 0 atom stereocenters. The summed E-state index contributed by atoms with van der Waals surface area (Å²) in [5, 5.41) is 3.20. The van der Waals surface area contributed by atoms with E-state index in [1.807, 2.05) is 6.07 Å². The van der Waals surface area contributed by atoms with Crippen molar-refractivity contribution in [1.82, 2.24) is 5.32 Å². The number of ether oxygens (including phenoxy) is 1. The summed E-state index contributed by atoms with van der Waals surface area (Å²) in [7, 11) is 1.40. The minimum absolute atomic E-state index is 0.181. The lowest BCUT2D eigenvalue weighted by Gasteiger charge is -2.06. The first-order valence-corrected chi connectivity index (χ1v) is 5.95. The molecule has 0 aliphatic heterocycles. The van der Waals surface area contributed by atoms with Crippen molar-refractivity contribution < 1.29 is 9.53 Å². The molecule has 0 aromatic heterocycles. The average Bonchev–Trinajstić information content (AvgIpc) is 2.28. The van der Waals surface area contributed by atoms with Gasteiger partial charge in [-0.25, -0.2) is 0 Å². The standard InChI is InChI=1S/C12H16BrNO2/c1-9-7-10(3-4-11(9)13)8-14-6-5-12(15)16-2/h3-4,7,14H,5-6,8H2,1-2H3.